The Morgan fingerprint density at radius 2 is 2.38 bits per heavy atom. The van der Waals surface area contributed by atoms with Crippen LogP contribution in [0.2, 0.25) is 0 Å². The smallest absolute Gasteiger partial charge is 0.249 e. The number of aryl methyl sites for hydroxylation is 1. The van der Waals surface area contributed by atoms with Gasteiger partial charge in [-0.1, -0.05) is 6.08 Å². The number of carbonyl (C=O) groups is 1. The van der Waals surface area contributed by atoms with Crippen molar-refractivity contribution < 1.29 is 9.53 Å². The minimum absolute atomic E-state index is 0.198. The van der Waals surface area contributed by atoms with Crippen LogP contribution >= 0.6 is 0 Å². The van der Waals surface area contributed by atoms with E-state index in [0.717, 1.165) is 36.9 Å². The van der Waals surface area contributed by atoms with Crippen molar-refractivity contribution in [3.8, 4) is 0 Å². The first-order chi connectivity index (χ1) is 10.2. The number of amides is 1. The zero-order valence-corrected chi connectivity index (χ0v) is 12.8. The second kappa shape index (κ2) is 6.02. The summed E-state index contributed by atoms with van der Waals surface area (Å²) in [6, 6.07) is 0. The van der Waals surface area contributed by atoms with Gasteiger partial charge in [0.25, 0.3) is 0 Å². The van der Waals surface area contributed by atoms with Crippen molar-refractivity contribution in [1.29, 1.82) is 0 Å². The van der Waals surface area contributed by atoms with Crippen LogP contribution in [-0.4, -0.2) is 40.3 Å². The summed E-state index contributed by atoms with van der Waals surface area (Å²) in [5, 5.41) is 4.36. The van der Waals surface area contributed by atoms with Gasteiger partial charge in [0.2, 0.25) is 5.91 Å². The minimum Gasteiger partial charge on any atom is -0.381 e. The van der Waals surface area contributed by atoms with Gasteiger partial charge in [-0.2, -0.15) is 5.10 Å². The van der Waals surface area contributed by atoms with E-state index in [-0.39, 0.29) is 11.8 Å². The van der Waals surface area contributed by atoms with Crippen molar-refractivity contribution >= 4 is 5.91 Å². The number of rotatable bonds is 4. The third-order valence-electron chi connectivity index (χ3n) is 4.38. The minimum atomic E-state index is 0.198. The van der Waals surface area contributed by atoms with Gasteiger partial charge < -0.3 is 9.64 Å². The topological polar surface area (TPSA) is 47.4 Å². The number of carbonyl (C=O) groups excluding carboxylic acids is 1. The van der Waals surface area contributed by atoms with Gasteiger partial charge in [0.05, 0.1) is 18.5 Å². The summed E-state index contributed by atoms with van der Waals surface area (Å²) >= 11 is 0. The average molecular weight is 289 g/mol. The quantitative estimate of drug-likeness (QED) is 0.851. The largest absolute Gasteiger partial charge is 0.381 e. The van der Waals surface area contributed by atoms with Crippen LogP contribution in [0.1, 0.15) is 43.4 Å². The molecule has 1 aromatic heterocycles. The molecule has 5 heteroatoms. The Kier molecular flexibility index (Phi) is 4.10. The molecule has 3 rings (SSSR count). The average Bonchev–Trinajstić information content (AvgIpc) is 3.14. The van der Waals surface area contributed by atoms with Gasteiger partial charge in [0.1, 0.15) is 0 Å². The molecule has 0 N–H and O–H groups in total. The maximum absolute atomic E-state index is 12.6. The van der Waals surface area contributed by atoms with Crippen molar-refractivity contribution in [2.24, 2.45) is 7.05 Å². The molecule has 114 valence electrons. The zero-order valence-electron chi connectivity index (χ0n) is 12.8. The molecule has 1 amide bonds. The van der Waals surface area contributed by atoms with E-state index in [1.54, 1.807) is 0 Å². The summed E-state index contributed by atoms with van der Waals surface area (Å²) < 4.78 is 7.54. The first kappa shape index (κ1) is 14.3. The summed E-state index contributed by atoms with van der Waals surface area (Å²) in [4.78, 5) is 14.6. The molecule has 0 unspecified atom stereocenters. The van der Waals surface area contributed by atoms with Crippen molar-refractivity contribution in [2.45, 2.75) is 38.6 Å². The van der Waals surface area contributed by atoms with Crippen molar-refractivity contribution in [3.63, 3.8) is 0 Å². The maximum Gasteiger partial charge on any atom is 0.249 e. The Balaban J connectivity index is 1.81. The molecule has 0 saturated carbocycles. The normalized spacial score (nSPS) is 21.3. The highest BCUT2D eigenvalue weighted by molar-refractivity contribution is 5.94. The molecule has 0 bridgehead atoms. The van der Waals surface area contributed by atoms with Crippen LogP contribution in [-0.2, 0) is 23.1 Å². The molecule has 1 aromatic rings. The van der Waals surface area contributed by atoms with E-state index in [0.29, 0.717) is 19.8 Å². The van der Waals surface area contributed by atoms with Crippen LogP contribution in [0.3, 0.4) is 0 Å². The third kappa shape index (κ3) is 2.75. The number of fused-ring (bicyclic) bond motifs is 1. The van der Waals surface area contributed by atoms with E-state index in [2.05, 4.69) is 11.2 Å². The lowest BCUT2D eigenvalue weighted by atomic mass is 9.96. The van der Waals surface area contributed by atoms with Gasteiger partial charge in [0, 0.05) is 43.8 Å². The fourth-order valence-electron chi connectivity index (χ4n) is 3.38. The summed E-state index contributed by atoms with van der Waals surface area (Å²) in [7, 11) is 1.97. The first-order valence-corrected chi connectivity index (χ1v) is 7.77. The molecule has 2 heterocycles. The maximum atomic E-state index is 12.6. The van der Waals surface area contributed by atoms with Crippen molar-refractivity contribution in [1.82, 2.24) is 14.7 Å². The lowest BCUT2D eigenvalue weighted by Gasteiger charge is -2.33. The fourth-order valence-corrected chi connectivity index (χ4v) is 3.38. The lowest BCUT2D eigenvalue weighted by Crippen LogP contribution is -2.40. The number of allylic oxidation sites excluding steroid dienone is 1. The van der Waals surface area contributed by atoms with Gasteiger partial charge in [-0.3, -0.25) is 9.48 Å². The van der Waals surface area contributed by atoms with Crippen LogP contribution in [0.25, 0.3) is 0 Å². The van der Waals surface area contributed by atoms with Gasteiger partial charge in [-0.15, -0.1) is 0 Å². The summed E-state index contributed by atoms with van der Waals surface area (Å²) in [6.07, 6.45) is 7.05. The third-order valence-corrected chi connectivity index (χ3v) is 4.38. The van der Waals surface area contributed by atoms with Crippen LogP contribution in [0.15, 0.2) is 17.8 Å². The molecule has 1 atom stereocenters. The Morgan fingerprint density at radius 3 is 3.10 bits per heavy atom. The molecule has 0 radical (unpaired) electrons. The standard InChI is InChI=1S/C16H23N3O2/c1-3-21-11-14-10-19(16(20)12-6-4-5-7-12)9-13-8-17-18(2)15(13)14/h6,8,14H,3-5,7,9-11H2,1-2H3/t14-/m1/s1. The highest BCUT2D eigenvalue weighted by Crippen LogP contribution is 2.30. The Bertz CT molecular complexity index is 562. The van der Waals surface area contributed by atoms with E-state index in [1.807, 2.05) is 29.7 Å². The van der Waals surface area contributed by atoms with Gasteiger partial charge in [-0.25, -0.2) is 0 Å². The number of ether oxygens (including phenoxy) is 1. The number of nitrogens with zero attached hydrogens (tertiary/aromatic N) is 3. The Morgan fingerprint density at radius 1 is 1.52 bits per heavy atom. The molecule has 5 nitrogen and oxygen atoms in total. The lowest BCUT2D eigenvalue weighted by molar-refractivity contribution is -0.128. The molecule has 0 aromatic carbocycles. The zero-order chi connectivity index (χ0) is 14.8. The Hall–Kier alpha value is -1.62. The monoisotopic (exact) mass is 289 g/mol. The molecular weight excluding hydrogens is 266 g/mol. The Labute approximate surface area is 125 Å². The van der Waals surface area contributed by atoms with E-state index < -0.39 is 0 Å². The van der Waals surface area contributed by atoms with Crippen molar-refractivity contribution in [3.05, 3.63) is 29.1 Å². The predicted octanol–water partition coefficient (Wildman–Crippen LogP) is 1.99. The summed E-state index contributed by atoms with van der Waals surface area (Å²) in [5.74, 6) is 0.413. The van der Waals surface area contributed by atoms with E-state index in [4.69, 9.17) is 4.74 Å². The second-order valence-electron chi connectivity index (χ2n) is 5.84. The number of hydrogen-bond acceptors (Lipinski definition) is 3. The summed E-state index contributed by atoms with van der Waals surface area (Å²) in [6.45, 7) is 4.73. The van der Waals surface area contributed by atoms with Crippen LogP contribution in [0, 0.1) is 0 Å². The molecule has 1 aliphatic carbocycles. The molecule has 0 spiro atoms. The highest BCUT2D eigenvalue weighted by Gasteiger charge is 2.32. The fraction of sp³-hybridized carbons (Fsp3) is 0.625. The van der Waals surface area contributed by atoms with Crippen LogP contribution in [0.4, 0.5) is 0 Å². The molecule has 0 fully saturated rings. The molecule has 1 aliphatic heterocycles. The molecular formula is C16H23N3O2. The van der Waals surface area contributed by atoms with Crippen molar-refractivity contribution in [2.75, 3.05) is 19.8 Å². The van der Waals surface area contributed by atoms with Gasteiger partial charge in [0.15, 0.2) is 0 Å². The molecule has 0 saturated heterocycles. The number of aromatic nitrogens is 2. The van der Waals surface area contributed by atoms with E-state index >= 15 is 0 Å². The van der Waals surface area contributed by atoms with E-state index in [1.165, 1.54) is 5.69 Å². The first-order valence-electron chi connectivity index (χ1n) is 7.77. The van der Waals surface area contributed by atoms with Gasteiger partial charge in [-0.05, 0) is 26.2 Å². The summed E-state index contributed by atoms with van der Waals surface area (Å²) in [5.41, 5.74) is 3.35. The SMILES string of the molecule is CCOC[C@H]1CN(C(=O)C2=CCCC2)Cc2cnn(C)c21. The van der Waals surface area contributed by atoms with Crippen LogP contribution in [0.5, 0.6) is 0 Å². The molecule has 2 aliphatic rings. The molecule has 21 heavy (non-hydrogen) atoms. The van der Waals surface area contributed by atoms with E-state index in [9.17, 15) is 4.79 Å². The highest BCUT2D eigenvalue weighted by atomic mass is 16.5. The van der Waals surface area contributed by atoms with Crippen LogP contribution < -0.4 is 0 Å². The predicted molar refractivity (Wildman–Crippen MR) is 79.8 cm³/mol. The second-order valence-corrected chi connectivity index (χ2v) is 5.84. The number of hydrogen-bond donors (Lipinski definition) is 0. The van der Waals surface area contributed by atoms with Gasteiger partial charge >= 0.3 is 0 Å².